The molecule has 1 aromatic heterocycles. The van der Waals surface area contributed by atoms with Crippen molar-refractivity contribution in [2.24, 2.45) is 0 Å². The first-order valence-corrected chi connectivity index (χ1v) is 8.49. The van der Waals surface area contributed by atoms with Gasteiger partial charge in [-0.25, -0.2) is 9.78 Å². The van der Waals surface area contributed by atoms with E-state index in [-0.39, 0.29) is 12.1 Å². The van der Waals surface area contributed by atoms with Crippen molar-refractivity contribution in [3.05, 3.63) is 24.3 Å². The minimum atomic E-state index is -0.464. The van der Waals surface area contributed by atoms with Gasteiger partial charge in [-0.05, 0) is 45.7 Å². The van der Waals surface area contributed by atoms with Crippen LogP contribution in [-0.4, -0.2) is 52.7 Å². The van der Waals surface area contributed by atoms with Crippen molar-refractivity contribution in [2.75, 3.05) is 25.0 Å². The molecule has 130 valence electrons. The van der Waals surface area contributed by atoms with Gasteiger partial charge in [-0.1, -0.05) is 12.1 Å². The maximum absolute atomic E-state index is 12.3. The third-order valence-electron chi connectivity index (χ3n) is 4.31. The summed E-state index contributed by atoms with van der Waals surface area (Å²) in [5.41, 5.74) is 1.52. The Balaban J connectivity index is 1.70. The molecule has 0 saturated carbocycles. The number of piperidine rings is 1. The number of para-hydroxylation sites is 2. The van der Waals surface area contributed by atoms with Crippen LogP contribution in [0.25, 0.3) is 11.0 Å². The Hall–Kier alpha value is -2.24. The van der Waals surface area contributed by atoms with Gasteiger partial charge in [0.15, 0.2) is 0 Å². The molecule has 1 N–H and O–H groups in total. The fourth-order valence-electron chi connectivity index (χ4n) is 3.04. The Morgan fingerprint density at radius 1 is 1.38 bits per heavy atom. The quantitative estimate of drug-likeness (QED) is 0.917. The van der Waals surface area contributed by atoms with Gasteiger partial charge in [-0.15, -0.1) is 0 Å². The lowest BCUT2D eigenvalue weighted by molar-refractivity contribution is 0.0199. The largest absolute Gasteiger partial charge is 0.444 e. The molecule has 6 nitrogen and oxygen atoms in total. The zero-order valence-corrected chi connectivity index (χ0v) is 14.9. The predicted molar refractivity (Wildman–Crippen MR) is 95.3 cm³/mol. The molecular formula is C18H26N4O2. The molecule has 1 amide bonds. The van der Waals surface area contributed by atoms with Gasteiger partial charge < -0.3 is 19.5 Å². The van der Waals surface area contributed by atoms with Crippen LogP contribution in [0.3, 0.4) is 0 Å². The number of aromatic nitrogens is 2. The van der Waals surface area contributed by atoms with Crippen molar-refractivity contribution in [3.63, 3.8) is 0 Å². The number of fused-ring (bicyclic) bond motifs is 1. The second-order valence-corrected chi connectivity index (χ2v) is 7.41. The Morgan fingerprint density at radius 2 is 2.12 bits per heavy atom. The second kappa shape index (κ2) is 6.34. The van der Waals surface area contributed by atoms with Gasteiger partial charge >= 0.3 is 6.09 Å². The molecule has 1 fully saturated rings. The van der Waals surface area contributed by atoms with Crippen molar-refractivity contribution in [3.8, 4) is 0 Å². The molecule has 0 radical (unpaired) electrons. The van der Waals surface area contributed by atoms with Crippen LogP contribution in [0.15, 0.2) is 24.3 Å². The fraction of sp³-hybridized carbons (Fsp3) is 0.556. The van der Waals surface area contributed by atoms with Crippen LogP contribution < -0.4 is 4.90 Å². The number of H-pyrrole nitrogens is 1. The van der Waals surface area contributed by atoms with Crippen LogP contribution in [-0.2, 0) is 4.74 Å². The number of ether oxygens (including phenoxy) is 1. The SMILES string of the molecule is CN(c1nc2ccccc2[nH]1)C1CCCN(C(=O)OC(C)(C)C)C1. The Bertz CT molecular complexity index is 686. The topological polar surface area (TPSA) is 61.5 Å². The van der Waals surface area contributed by atoms with Crippen LogP contribution in [0, 0.1) is 0 Å². The smallest absolute Gasteiger partial charge is 0.410 e. The number of carbonyl (C=O) groups excluding carboxylic acids is 1. The molecule has 1 saturated heterocycles. The minimum Gasteiger partial charge on any atom is -0.444 e. The summed E-state index contributed by atoms with van der Waals surface area (Å²) < 4.78 is 5.50. The summed E-state index contributed by atoms with van der Waals surface area (Å²) in [4.78, 5) is 24.3. The summed E-state index contributed by atoms with van der Waals surface area (Å²) in [6.45, 7) is 7.09. The van der Waals surface area contributed by atoms with E-state index in [2.05, 4.69) is 14.9 Å². The number of benzene rings is 1. The summed E-state index contributed by atoms with van der Waals surface area (Å²) in [6.07, 6.45) is 1.77. The van der Waals surface area contributed by atoms with E-state index in [0.29, 0.717) is 6.54 Å². The maximum Gasteiger partial charge on any atom is 0.410 e. The molecule has 1 unspecified atom stereocenters. The number of amides is 1. The van der Waals surface area contributed by atoms with Crippen molar-refractivity contribution in [1.82, 2.24) is 14.9 Å². The van der Waals surface area contributed by atoms with E-state index in [1.54, 1.807) is 4.90 Å². The highest BCUT2D eigenvalue weighted by Gasteiger charge is 2.30. The molecule has 24 heavy (non-hydrogen) atoms. The lowest BCUT2D eigenvalue weighted by atomic mass is 10.1. The Labute approximate surface area is 142 Å². The van der Waals surface area contributed by atoms with E-state index in [0.717, 1.165) is 36.4 Å². The lowest BCUT2D eigenvalue weighted by Crippen LogP contribution is -2.50. The zero-order valence-electron chi connectivity index (χ0n) is 14.9. The number of hydrogen-bond donors (Lipinski definition) is 1. The molecule has 3 rings (SSSR count). The molecule has 6 heteroatoms. The van der Waals surface area contributed by atoms with Crippen LogP contribution in [0.4, 0.5) is 10.7 Å². The Kier molecular flexibility index (Phi) is 4.39. The molecule has 2 heterocycles. The van der Waals surface area contributed by atoms with Gasteiger partial charge in [0.2, 0.25) is 5.95 Å². The number of nitrogens with zero attached hydrogens (tertiary/aromatic N) is 3. The first kappa shape index (κ1) is 16.6. The van der Waals surface area contributed by atoms with E-state index in [1.165, 1.54) is 0 Å². The number of nitrogens with one attached hydrogen (secondary N) is 1. The molecular weight excluding hydrogens is 304 g/mol. The number of likely N-dealkylation sites (tertiary alicyclic amines) is 1. The van der Waals surface area contributed by atoms with Gasteiger partial charge in [0.25, 0.3) is 0 Å². The van der Waals surface area contributed by atoms with Gasteiger partial charge in [0, 0.05) is 26.2 Å². The van der Waals surface area contributed by atoms with Gasteiger partial charge in [-0.2, -0.15) is 0 Å². The van der Waals surface area contributed by atoms with Crippen molar-refractivity contribution < 1.29 is 9.53 Å². The standard InChI is InChI=1S/C18H26N4O2/c1-18(2,3)24-17(23)22-11-7-8-13(12-22)21(4)16-19-14-9-5-6-10-15(14)20-16/h5-6,9-10,13H,7-8,11-12H2,1-4H3,(H,19,20). The molecule has 2 aromatic rings. The lowest BCUT2D eigenvalue weighted by Gasteiger charge is -2.38. The highest BCUT2D eigenvalue weighted by atomic mass is 16.6. The van der Waals surface area contributed by atoms with Crippen LogP contribution in [0.1, 0.15) is 33.6 Å². The first-order valence-electron chi connectivity index (χ1n) is 8.49. The van der Waals surface area contributed by atoms with Gasteiger partial charge in [-0.3, -0.25) is 0 Å². The summed E-state index contributed by atoms with van der Waals surface area (Å²) in [6, 6.07) is 8.23. The Morgan fingerprint density at radius 3 is 2.83 bits per heavy atom. The molecule has 1 aliphatic heterocycles. The maximum atomic E-state index is 12.3. The van der Waals surface area contributed by atoms with Crippen molar-refractivity contribution in [2.45, 2.75) is 45.3 Å². The molecule has 0 spiro atoms. The third-order valence-corrected chi connectivity index (χ3v) is 4.31. The fourth-order valence-corrected chi connectivity index (χ4v) is 3.04. The number of anilines is 1. The molecule has 1 aliphatic rings. The monoisotopic (exact) mass is 330 g/mol. The van der Waals surface area contributed by atoms with E-state index < -0.39 is 5.60 Å². The molecule has 0 aliphatic carbocycles. The normalized spacial score (nSPS) is 18.7. The van der Waals surface area contributed by atoms with E-state index in [1.807, 2.05) is 52.1 Å². The van der Waals surface area contributed by atoms with E-state index >= 15 is 0 Å². The van der Waals surface area contributed by atoms with Crippen LogP contribution >= 0.6 is 0 Å². The number of rotatable bonds is 2. The molecule has 0 bridgehead atoms. The van der Waals surface area contributed by atoms with Crippen LogP contribution in [0.5, 0.6) is 0 Å². The average Bonchev–Trinajstić information content (AvgIpc) is 2.96. The highest BCUT2D eigenvalue weighted by Crippen LogP contribution is 2.23. The summed E-state index contributed by atoms with van der Waals surface area (Å²) >= 11 is 0. The predicted octanol–water partition coefficient (Wildman–Crippen LogP) is 3.40. The van der Waals surface area contributed by atoms with Crippen molar-refractivity contribution >= 4 is 23.1 Å². The van der Waals surface area contributed by atoms with Crippen LogP contribution in [0.2, 0.25) is 0 Å². The zero-order chi connectivity index (χ0) is 17.3. The van der Waals surface area contributed by atoms with Gasteiger partial charge in [0.1, 0.15) is 5.60 Å². The number of imidazole rings is 1. The van der Waals surface area contributed by atoms with Gasteiger partial charge in [0.05, 0.1) is 11.0 Å². The third kappa shape index (κ3) is 3.63. The summed E-state index contributed by atoms with van der Waals surface area (Å²) in [5, 5.41) is 0. The van der Waals surface area contributed by atoms with E-state index in [4.69, 9.17) is 4.74 Å². The van der Waals surface area contributed by atoms with Crippen molar-refractivity contribution in [1.29, 1.82) is 0 Å². The summed E-state index contributed by atoms with van der Waals surface area (Å²) in [5.74, 6) is 0.840. The minimum absolute atomic E-state index is 0.229. The number of likely N-dealkylation sites (N-methyl/N-ethyl adjacent to an activating group) is 1. The molecule has 1 atom stereocenters. The average molecular weight is 330 g/mol. The molecule has 1 aromatic carbocycles. The number of hydrogen-bond acceptors (Lipinski definition) is 4. The van der Waals surface area contributed by atoms with E-state index in [9.17, 15) is 4.79 Å². The summed E-state index contributed by atoms with van der Waals surface area (Å²) in [7, 11) is 2.03. The highest BCUT2D eigenvalue weighted by molar-refractivity contribution is 5.77. The number of aromatic amines is 1. The second-order valence-electron chi connectivity index (χ2n) is 7.41. The first-order chi connectivity index (χ1) is 11.3. The number of carbonyl (C=O) groups is 1.